The van der Waals surface area contributed by atoms with Crippen LogP contribution < -0.4 is 0 Å². The van der Waals surface area contributed by atoms with Gasteiger partial charge in [-0.3, -0.25) is 13.9 Å². The highest BCUT2D eigenvalue weighted by Crippen LogP contribution is 2.40. The summed E-state index contributed by atoms with van der Waals surface area (Å²) in [7, 11) is -3.53. The number of hydrogen-bond acceptors (Lipinski definition) is 4. The highest BCUT2D eigenvalue weighted by molar-refractivity contribution is 7.88. The molecule has 25 heavy (non-hydrogen) atoms. The third-order valence-electron chi connectivity index (χ3n) is 4.70. The number of sulfonamides is 1. The molecule has 0 aromatic heterocycles. The van der Waals surface area contributed by atoms with Gasteiger partial charge in [0.25, 0.3) is 11.8 Å². The van der Waals surface area contributed by atoms with E-state index in [0.717, 1.165) is 16.7 Å². The van der Waals surface area contributed by atoms with Gasteiger partial charge in [-0.15, -0.1) is 0 Å². The standard InChI is InChI=1S/C18H16N2O4S/c1-11-7-8-14-15(9-11)19(25(2,23)24)10-16(14)20-17(21)12-5-3-4-6-13(12)18(20)22/h3-10,14-15H,1-2H3/t14-,15+/m0/s1. The Morgan fingerprint density at radius 1 is 1.04 bits per heavy atom. The van der Waals surface area contributed by atoms with E-state index in [2.05, 4.69) is 0 Å². The predicted molar refractivity (Wildman–Crippen MR) is 91.9 cm³/mol. The van der Waals surface area contributed by atoms with Crippen LogP contribution >= 0.6 is 0 Å². The van der Waals surface area contributed by atoms with E-state index in [9.17, 15) is 18.0 Å². The lowest BCUT2D eigenvalue weighted by Gasteiger charge is -2.28. The first-order valence-corrected chi connectivity index (χ1v) is 9.68. The van der Waals surface area contributed by atoms with E-state index >= 15 is 0 Å². The van der Waals surface area contributed by atoms with Crippen LogP contribution in [0.2, 0.25) is 0 Å². The zero-order chi connectivity index (χ0) is 17.9. The molecule has 0 fully saturated rings. The smallest absolute Gasteiger partial charge is 0.265 e. The Bertz CT molecular complexity index is 969. The van der Waals surface area contributed by atoms with Gasteiger partial charge in [0.1, 0.15) is 0 Å². The number of benzene rings is 1. The number of hydrogen-bond donors (Lipinski definition) is 0. The minimum absolute atomic E-state index is 0.342. The minimum atomic E-state index is -3.53. The van der Waals surface area contributed by atoms with Crippen LogP contribution in [0.15, 0.2) is 60.0 Å². The number of carbonyl (C=O) groups is 2. The second-order valence-electron chi connectivity index (χ2n) is 6.42. The molecule has 4 rings (SSSR count). The van der Waals surface area contributed by atoms with Crippen LogP contribution in [-0.2, 0) is 10.0 Å². The fourth-order valence-corrected chi connectivity index (χ4v) is 4.49. The molecule has 7 heteroatoms. The second kappa shape index (κ2) is 5.16. The topological polar surface area (TPSA) is 74.8 Å². The molecule has 2 atom stereocenters. The summed E-state index contributed by atoms with van der Waals surface area (Å²) in [4.78, 5) is 26.6. The van der Waals surface area contributed by atoms with Crippen LogP contribution in [0.4, 0.5) is 0 Å². The zero-order valence-corrected chi connectivity index (χ0v) is 14.5. The quantitative estimate of drug-likeness (QED) is 0.759. The van der Waals surface area contributed by atoms with Crippen molar-refractivity contribution in [2.75, 3.05) is 6.26 Å². The third kappa shape index (κ3) is 2.26. The maximum absolute atomic E-state index is 12.7. The maximum Gasteiger partial charge on any atom is 0.265 e. The summed E-state index contributed by atoms with van der Waals surface area (Å²) >= 11 is 0. The average Bonchev–Trinajstić information content (AvgIpc) is 3.04. The summed E-state index contributed by atoms with van der Waals surface area (Å²) in [5.74, 6) is -1.21. The second-order valence-corrected chi connectivity index (χ2v) is 8.31. The zero-order valence-electron chi connectivity index (χ0n) is 13.7. The Kier molecular flexibility index (Phi) is 3.27. The Morgan fingerprint density at radius 3 is 2.20 bits per heavy atom. The predicted octanol–water partition coefficient (Wildman–Crippen LogP) is 1.90. The number of imide groups is 1. The van der Waals surface area contributed by atoms with Gasteiger partial charge in [0, 0.05) is 12.1 Å². The minimum Gasteiger partial charge on any atom is -0.268 e. The van der Waals surface area contributed by atoms with Crippen molar-refractivity contribution in [3.8, 4) is 0 Å². The third-order valence-corrected chi connectivity index (χ3v) is 5.81. The van der Waals surface area contributed by atoms with Gasteiger partial charge in [-0.1, -0.05) is 35.9 Å². The summed E-state index contributed by atoms with van der Waals surface area (Å²) in [6.45, 7) is 1.88. The number of nitrogens with zero attached hydrogens (tertiary/aromatic N) is 2. The Labute approximate surface area is 145 Å². The largest absolute Gasteiger partial charge is 0.268 e. The lowest BCUT2D eigenvalue weighted by molar-refractivity contribution is 0.0694. The van der Waals surface area contributed by atoms with Crippen molar-refractivity contribution in [1.82, 2.24) is 9.21 Å². The Hall–Kier alpha value is -2.67. The highest BCUT2D eigenvalue weighted by atomic mass is 32.2. The molecule has 0 saturated heterocycles. The van der Waals surface area contributed by atoms with E-state index < -0.39 is 27.9 Å². The first kappa shape index (κ1) is 15.8. The van der Waals surface area contributed by atoms with Crippen LogP contribution in [0.1, 0.15) is 27.6 Å². The number of fused-ring (bicyclic) bond motifs is 2. The lowest BCUT2D eigenvalue weighted by Crippen LogP contribution is -2.37. The lowest BCUT2D eigenvalue weighted by atomic mass is 9.91. The molecule has 0 saturated carbocycles. The molecule has 1 aromatic carbocycles. The van der Waals surface area contributed by atoms with Gasteiger partial charge in [-0.2, -0.15) is 0 Å². The first-order valence-electron chi connectivity index (χ1n) is 7.84. The molecular weight excluding hydrogens is 340 g/mol. The van der Waals surface area contributed by atoms with Gasteiger partial charge in [0.05, 0.1) is 29.1 Å². The molecule has 2 aliphatic heterocycles. The normalized spacial score (nSPS) is 25.0. The van der Waals surface area contributed by atoms with Gasteiger partial charge < -0.3 is 0 Å². The van der Waals surface area contributed by atoms with Crippen LogP contribution in [0.3, 0.4) is 0 Å². The maximum atomic E-state index is 12.7. The van der Waals surface area contributed by atoms with Crippen molar-refractivity contribution in [1.29, 1.82) is 0 Å². The van der Waals surface area contributed by atoms with Crippen molar-refractivity contribution >= 4 is 21.8 Å². The molecule has 3 aliphatic rings. The monoisotopic (exact) mass is 356 g/mol. The van der Waals surface area contributed by atoms with E-state index in [1.165, 1.54) is 10.5 Å². The van der Waals surface area contributed by atoms with Gasteiger partial charge in [0.2, 0.25) is 10.0 Å². The molecule has 0 spiro atoms. The molecule has 6 nitrogen and oxygen atoms in total. The number of carbonyl (C=O) groups excluding carboxylic acids is 2. The van der Waals surface area contributed by atoms with Gasteiger partial charge in [0.15, 0.2) is 0 Å². The fraction of sp³-hybridized carbons (Fsp3) is 0.222. The first-order chi connectivity index (χ1) is 11.8. The van der Waals surface area contributed by atoms with Gasteiger partial charge in [-0.25, -0.2) is 13.3 Å². The van der Waals surface area contributed by atoms with E-state index in [1.807, 2.05) is 25.2 Å². The summed E-state index contributed by atoms with van der Waals surface area (Å²) < 4.78 is 25.6. The molecule has 0 bridgehead atoms. The van der Waals surface area contributed by atoms with E-state index in [1.54, 1.807) is 24.3 Å². The molecule has 2 heterocycles. The van der Waals surface area contributed by atoms with Crippen molar-refractivity contribution < 1.29 is 18.0 Å². The van der Waals surface area contributed by atoms with E-state index in [-0.39, 0.29) is 5.92 Å². The molecular formula is C18H16N2O4S. The molecule has 0 radical (unpaired) electrons. The number of amides is 2. The molecule has 1 aromatic rings. The fourth-order valence-electron chi connectivity index (χ4n) is 3.55. The van der Waals surface area contributed by atoms with Gasteiger partial charge >= 0.3 is 0 Å². The SMILES string of the molecule is CC1=C[C@@H]2[C@H](C=C1)C(N1C(=O)c3ccccc3C1=O)=CN2S(C)(=O)=O. The van der Waals surface area contributed by atoms with Crippen molar-refractivity contribution in [3.05, 3.63) is 71.1 Å². The van der Waals surface area contributed by atoms with Crippen LogP contribution in [-0.4, -0.2) is 41.7 Å². The van der Waals surface area contributed by atoms with Crippen LogP contribution in [0, 0.1) is 5.92 Å². The molecule has 0 N–H and O–H groups in total. The molecule has 128 valence electrons. The summed E-state index contributed by atoms with van der Waals surface area (Å²) in [5, 5.41) is 0. The summed E-state index contributed by atoms with van der Waals surface area (Å²) in [6.07, 6.45) is 8.09. The average molecular weight is 356 g/mol. The summed E-state index contributed by atoms with van der Waals surface area (Å²) in [6, 6.07) is 6.16. The van der Waals surface area contributed by atoms with E-state index in [0.29, 0.717) is 16.8 Å². The van der Waals surface area contributed by atoms with Crippen LogP contribution in [0.5, 0.6) is 0 Å². The highest BCUT2D eigenvalue weighted by Gasteiger charge is 2.46. The number of rotatable bonds is 2. The Balaban J connectivity index is 1.82. The Morgan fingerprint density at radius 2 is 1.64 bits per heavy atom. The molecule has 2 amide bonds. The van der Waals surface area contributed by atoms with Crippen molar-refractivity contribution in [2.45, 2.75) is 13.0 Å². The van der Waals surface area contributed by atoms with Crippen molar-refractivity contribution in [2.24, 2.45) is 5.92 Å². The number of allylic oxidation sites excluding steroid dienone is 2. The van der Waals surface area contributed by atoms with E-state index in [4.69, 9.17) is 0 Å². The molecule has 1 aliphatic carbocycles. The van der Waals surface area contributed by atoms with Gasteiger partial charge in [-0.05, 0) is 19.1 Å². The van der Waals surface area contributed by atoms with Crippen LogP contribution in [0.25, 0.3) is 0 Å². The molecule has 0 unspecified atom stereocenters. The summed E-state index contributed by atoms with van der Waals surface area (Å²) in [5.41, 5.74) is 2.01. The van der Waals surface area contributed by atoms with Crippen molar-refractivity contribution in [3.63, 3.8) is 0 Å².